The highest BCUT2D eigenvalue weighted by Crippen LogP contribution is 2.26. The fourth-order valence-corrected chi connectivity index (χ4v) is 2.47. The zero-order valence-corrected chi connectivity index (χ0v) is 9.18. The second-order valence-corrected chi connectivity index (χ2v) is 5.11. The maximum atomic E-state index is 7.00. The molecule has 0 aliphatic heterocycles. The lowest BCUT2D eigenvalue weighted by Gasteiger charge is -1.99. The fourth-order valence-electron chi connectivity index (χ4n) is 0.788. The maximum absolute atomic E-state index is 7.00. The summed E-state index contributed by atoms with van der Waals surface area (Å²) >= 11 is 5.80. The second kappa shape index (κ2) is 5.42. The molecule has 2 nitrogen and oxygen atoms in total. The Bertz CT molecular complexity index is 304. The average molecular weight is 233 g/mol. The lowest BCUT2D eigenvalue weighted by Crippen LogP contribution is -2.00. The van der Waals surface area contributed by atoms with Crippen LogP contribution in [0.1, 0.15) is 5.56 Å². The van der Waals surface area contributed by atoms with Crippen molar-refractivity contribution in [2.75, 3.05) is 0 Å². The summed E-state index contributed by atoms with van der Waals surface area (Å²) in [5.41, 5.74) is 6.33. The van der Waals surface area contributed by atoms with Gasteiger partial charge in [0.2, 0.25) is 0 Å². The van der Waals surface area contributed by atoms with Crippen molar-refractivity contribution in [1.82, 2.24) is 0 Å². The third-order valence-corrected chi connectivity index (χ3v) is 3.49. The average Bonchev–Trinajstić information content (AvgIpc) is 2.03. The first-order valence-electron chi connectivity index (χ1n) is 3.56. The van der Waals surface area contributed by atoms with Gasteiger partial charge in [0.1, 0.15) is 0 Å². The van der Waals surface area contributed by atoms with Crippen molar-refractivity contribution in [3.63, 3.8) is 0 Å². The van der Waals surface area contributed by atoms with Gasteiger partial charge in [-0.25, -0.2) is 0 Å². The van der Waals surface area contributed by atoms with Crippen molar-refractivity contribution in [3.05, 3.63) is 34.9 Å². The normalized spacial score (nSPS) is 9.92. The first-order valence-corrected chi connectivity index (χ1v) is 6.26. The van der Waals surface area contributed by atoms with Gasteiger partial charge in [-0.2, -0.15) is 0 Å². The molecule has 1 aromatic carbocycles. The van der Waals surface area contributed by atoms with E-state index in [1.54, 1.807) is 0 Å². The number of nitrogens with two attached hydrogens (primary N) is 1. The van der Waals surface area contributed by atoms with E-state index in [0.717, 1.165) is 16.3 Å². The van der Waals surface area contributed by atoms with Crippen LogP contribution in [0.4, 0.5) is 0 Å². The molecule has 0 atom stereocenters. The molecular weight excluding hydrogens is 224 g/mol. The molecule has 0 saturated heterocycles. The molecule has 0 aliphatic rings. The van der Waals surface area contributed by atoms with Crippen LogP contribution in [0.3, 0.4) is 0 Å². The molecule has 0 radical (unpaired) electrons. The van der Waals surface area contributed by atoms with E-state index in [1.807, 2.05) is 24.3 Å². The van der Waals surface area contributed by atoms with Crippen molar-refractivity contribution in [3.8, 4) is 0 Å². The minimum atomic E-state index is 0.132. The van der Waals surface area contributed by atoms with E-state index in [4.69, 9.17) is 22.7 Å². The summed E-state index contributed by atoms with van der Waals surface area (Å²) in [7, 11) is 2.80. The van der Waals surface area contributed by atoms with Crippen LogP contribution in [0.15, 0.2) is 24.3 Å². The van der Waals surface area contributed by atoms with Gasteiger partial charge in [0.25, 0.3) is 0 Å². The van der Waals surface area contributed by atoms with Crippen LogP contribution in [-0.4, -0.2) is 5.17 Å². The maximum Gasteiger partial charge on any atom is 0.161 e. The number of amidine groups is 1. The Hall–Kier alpha value is -0.320. The highest BCUT2D eigenvalue weighted by Gasteiger charge is 1.96. The Morgan fingerprint density at radius 3 is 2.92 bits per heavy atom. The van der Waals surface area contributed by atoms with Gasteiger partial charge in [-0.15, -0.1) is 0 Å². The largest absolute Gasteiger partial charge is 0.378 e. The summed E-state index contributed by atoms with van der Waals surface area (Å²) in [4.78, 5) is 0. The quantitative estimate of drug-likeness (QED) is 0.478. The number of benzene rings is 1. The van der Waals surface area contributed by atoms with Gasteiger partial charge in [0.15, 0.2) is 5.17 Å². The molecule has 1 aromatic rings. The number of rotatable bonds is 3. The highest BCUT2D eigenvalue weighted by molar-refractivity contribution is 8.81. The molecule has 0 heterocycles. The van der Waals surface area contributed by atoms with E-state index < -0.39 is 0 Å². The van der Waals surface area contributed by atoms with Gasteiger partial charge in [-0.3, -0.25) is 5.41 Å². The summed E-state index contributed by atoms with van der Waals surface area (Å²) in [5, 5.41) is 7.87. The summed E-state index contributed by atoms with van der Waals surface area (Å²) < 4.78 is 0. The van der Waals surface area contributed by atoms with Crippen molar-refractivity contribution in [1.29, 1.82) is 5.41 Å². The van der Waals surface area contributed by atoms with Crippen molar-refractivity contribution < 1.29 is 0 Å². The third kappa shape index (κ3) is 4.45. The third-order valence-electron chi connectivity index (χ3n) is 1.26. The number of hydrogen-bond donors (Lipinski definition) is 2. The molecule has 0 saturated carbocycles. The molecule has 70 valence electrons. The molecular formula is C8H9ClN2S2. The number of halogens is 1. The molecule has 5 heteroatoms. The molecule has 13 heavy (non-hydrogen) atoms. The fraction of sp³-hybridized carbons (Fsp3) is 0.125. The summed E-state index contributed by atoms with van der Waals surface area (Å²) in [6.07, 6.45) is 0. The van der Waals surface area contributed by atoms with E-state index in [9.17, 15) is 0 Å². The molecule has 0 amide bonds. The van der Waals surface area contributed by atoms with Gasteiger partial charge in [0, 0.05) is 10.8 Å². The lowest BCUT2D eigenvalue weighted by molar-refractivity contribution is 1.43. The Balaban J connectivity index is 2.41. The Morgan fingerprint density at radius 2 is 2.31 bits per heavy atom. The molecule has 0 unspecified atom stereocenters. The van der Waals surface area contributed by atoms with Crippen molar-refractivity contribution in [2.45, 2.75) is 5.75 Å². The molecule has 1 rings (SSSR count). The molecule has 0 aromatic heterocycles. The lowest BCUT2D eigenvalue weighted by atomic mass is 10.2. The van der Waals surface area contributed by atoms with Crippen molar-refractivity contribution in [2.24, 2.45) is 5.73 Å². The van der Waals surface area contributed by atoms with Crippen LogP contribution in [0.2, 0.25) is 5.02 Å². The zero-order chi connectivity index (χ0) is 9.68. The van der Waals surface area contributed by atoms with Gasteiger partial charge < -0.3 is 5.73 Å². The molecule has 0 spiro atoms. The van der Waals surface area contributed by atoms with Crippen LogP contribution < -0.4 is 5.73 Å². The SMILES string of the molecule is N=C(N)SSCc1cccc(Cl)c1. The zero-order valence-electron chi connectivity index (χ0n) is 6.79. The summed E-state index contributed by atoms with van der Waals surface area (Å²) in [5.74, 6) is 0.810. The topological polar surface area (TPSA) is 49.9 Å². The second-order valence-electron chi connectivity index (χ2n) is 2.34. The van der Waals surface area contributed by atoms with Crippen LogP contribution in [0.5, 0.6) is 0 Å². The van der Waals surface area contributed by atoms with E-state index >= 15 is 0 Å². The minimum absolute atomic E-state index is 0.132. The molecule has 0 fully saturated rings. The van der Waals surface area contributed by atoms with Gasteiger partial charge >= 0.3 is 0 Å². The minimum Gasteiger partial charge on any atom is -0.378 e. The molecule has 0 aliphatic carbocycles. The monoisotopic (exact) mass is 232 g/mol. The van der Waals surface area contributed by atoms with Crippen molar-refractivity contribution >= 4 is 38.4 Å². The van der Waals surface area contributed by atoms with E-state index in [0.29, 0.717) is 0 Å². The Kier molecular flexibility index (Phi) is 4.48. The predicted molar refractivity (Wildman–Crippen MR) is 62.3 cm³/mol. The summed E-state index contributed by atoms with van der Waals surface area (Å²) in [6.45, 7) is 0. The smallest absolute Gasteiger partial charge is 0.161 e. The first kappa shape index (κ1) is 10.8. The van der Waals surface area contributed by atoms with Gasteiger partial charge in [-0.1, -0.05) is 34.5 Å². The molecule has 3 N–H and O–H groups in total. The van der Waals surface area contributed by atoms with Crippen LogP contribution in [-0.2, 0) is 5.75 Å². The van der Waals surface area contributed by atoms with E-state index in [-0.39, 0.29) is 5.17 Å². The van der Waals surface area contributed by atoms with E-state index in [1.165, 1.54) is 21.6 Å². The van der Waals surface area contributed by atoms with E-state index in [2.05, 4.69) is 0 Å². The molecule has 0 bridgehead atoms. The highest BCUT2D eigenvalue weighted by atomic mass is 35.5. The number of nitrogens with one attached hydrogen (secondary N) is 1. The number of hydrogen-bond acceptors (Lipinski definition) is 3. The predicted octanol–water partition coefficient (Wildman–Crippen LogP) is 3.11. The van der Waals surface area contributed by atoms with Crippen LogP contribution in [0, 0.1) is 5.41 Å². The Labute approximate surface area is 90.1 Å². The van der Waals surface area contributed by atoms with Crippen LogP contribution in [0.25, 0.3) is 0 Å². The Morgan fingerprint density at radius 1 is 1.54 bits per heavy atom. The van der Waals surface area contributed by atoms with Gasteiger partial charge in [-0.05, 0) is 28.5 Å². The van der Waals surface area contributed by atoms with Gasteiger partial charge in [0.05, 0.1) is 0 Å². The standard InChI is InChI=1S/C8H9ClN2S2/c9-7-3-1-2-6(4-7)5-12-13-8(10)11/h1-4H,5H2,(H3,10,11). The summed E-state index contributed by atoms with van der Waals surface area (Å²) in [6, 6.07) is 7.67. The first-order chi connectivity index (χ1) is 6.18. The van der Waals surface area contributed by atoms with Crippen LogP contribution >= 0.6 is 33.2 Å².